The fraction of sp³-hybridized carbons (Fsp3) is 0.362. The van der Waals surface area contributed by atoms with Gasteiger partial charge in [-0.2, -0.15) is 18.3 Å². The molecule has 2 aliphatic heterocycles. The Bertz CT molecular complexity index is 2760. The molecule has 5 N–H and O–H groups in total. The third kappa shape index (κ3) is 13.6. The van der Waals surface area contributed by atoms with E-state index in [0.717, 1.165) is 11.2 Å². The van der Waals surface area contributed by atoms with Gasteiger partial charge < -0.3 is 39.7 Å². The zero-order chi connectivity index (χ0) is 50.5. The van der Waals surface area contributed by atoms with E-state index in [0.29, 0.717) is 88.9 Å². The Labute approximate surface area is 402 Å². The number of carbonyl (C=O) groups is 7. The average Bonchev–Trinajstić information content (AvgIpc) is 4.08. The predicted octanol–water partition coefficient (Wildman–Crippen LogP) is 4.31. The standard InChI is InChI=1S/C47H48F3N9O12/c48-47(49,50)27-53-37-24-30(14-15-52-37)44-55-34(26-71-44)42(63)54-33-25-58(57-40(33)41(51)62)31-10-8-28(9-11-31)36(60)7-3-17-68-19-21-70-23-22-69-20-18-67-16-2-5-29-4-1-6-32-39(29)46(66)59(45(32)65)35-12-13-38(61)56-43(35)64/h1,4,6,8-11,14-15,24-26,35H,2-3,5,7,12-13,16-23,27H2,(H2,51,62)(H,52,53)(H,54,63)(H,56,61,64). The van der Waals surface area contributed by atoms with E-state index in [4.69, 9.17) is 29.1 Å². The van der Waals surface area contributed by atoms with Crippen molar-refractivity contribution in [1.82, 2.24) is 30.0 Å². The molecule has 7 rings (SSSR count). The van der Waals surface area contributed by atoms with Crippen LogP contribution in [0.4, 0.5) is 24.7 Å². The lowest BCUT2D eigenvalue weighted by atomic mass is 9.99. The SMILES string of the molecule is NC(=O)c1nn(-c2ccc(C(=O)CCCOCCOCCOCCOCCCc3cccc4c3C(=O)N(C3CCC(=O)NC3=O)C4=O)cc2)cc1NC(=O)c1coc(-c2ccnc(NCC(F)(F)F)c2)n1. The molecule has 1 fully saturated rings. The summed E-state index contributed by atoms with van der Waals surface area (Å²) in [5.74, 6) is -4.16. The first-order valence-corrected chi connectivity index (χ1v) is 22.4. The number of nitrogens with two attached hydrogens (primary N) is 1. The van der Waals surface area contributed by atoms with Crippen molar-refractivity contribution in [2.24, 2.45) is 5.73 Å². The molecule has 21 nitrogen and oxygen atoms in total. The third-order valence-corrected chi connectivity index (χ3v) is 11.0. The maximum absolute atomic E-state index is 13.3. The first kappa shape index (κ1) is 51.2. The van der Waals surface area contributed by atoms with E-state index in [1.54, 1.807) is 42.5 Å². The van der Waals surface area contributed by atoms with Crippen LogP contribution in [0.15, 0.2) is 77.7 Å². The summed E-state index contributed by atoms with van der Waals surface area (Å²) in [7, 11) is 0. The van der Waals surface area contributed by atoms with Gasteiger partial charge in [-0.1, -0.05) is 12.1 Å². The molecule has 2 aromatic carbocycles. The number of Topliss-reactive ketones (excluding diaryl/α,β-unsaturated/α-hetero) is 1. The topological polar surface area (TPSA) is 278 Å². The number of ketones is 1. The number of aromatic nitrogens is 4. The quantitative estimate of drug-likeness (QED) is 0.0341. The predicted molar refractivity (Wildman–Crippen MR) is 243 cm³/mol. The Morgan fingerprint density at radius 1 is 0.873 bits per heavy atom. The number of pyridine rings is 1. The number of halogens is 3. The van der Waals surface area contributed by atoms with E-state index in [2.05, 4.69) is 31.0 Å². The van der Waals surface area contributed by atoms with Crippen molar-refractivity contribution in [1.29, 1.82) is 0 Å². The second kappa shape index (κ2) is 23.8. The zero-order valence-corrected chi connectivity index (χ0v) is 38.0. The number of hydrogen-bond donors (Lipinski definition) is 4. The summed E-state index contributed by atoms with van der Waals surface area (Å²) >= 11 is 0. The zero-order valence-electron chi connectivity index (χ0n) is 38.0. The minimum atomic E-state index is -4.46. The number of piperidine rings is 1. The van der Waals surface area contributed by atoms with Gasteiger partial charge in [0, 0.05) is 43.4 Å². The number of anilines is 2. The van der Waals surface area contributed by atoms with Crippen LogP contribution in [-0.2, 0) is 35.0 Å². The van der Waals surface area contributed by atoms with Crippen molar-refractivity contribution in [2.75, 3.05) is 70.0 Å². The summed E-state index contributed by atoms with van der Waals surface area (Å²) in [6.07, 6.45) is 1.07. The number of hydrogen-bond acceptors (Lipinski definition) is 16. The lowest BCUT2D eigenvalue weighted by Gasteiger charge is -2.27. The van der Waals surface area contributed by atoms with Gasteiger partial charge >= 0.3 is 6.18 Å². The van der Waals surface area contributed by atoms with Crippen LogP contribution >= 0.6 is 0 Å². The third-order valence-electron chi connectivity index (χ3n) is 11.0. The number of amides is 6. The largest absolute Gasteiger partial charge is 0.444 e. The molecule has 374 valence electrons. The van der Waals surface area contributed by atoms with Crippen LogP contribution < -0.4 is 21.7 Å². The first-order valence-electron chi connectivity index (χ1n) is 22.4. The van der Waals surface area contributed by atoms with Crippen molar-refractivity contribution in [2.45, 2.75) is 50.7 Å². The highest BCUT2D eigenvalue weighted by Crippen LogP contribution is 2.31. The van der Waals surface area contributed by atoms with E-state index in [-0.39, 0.29) is 70.5 Å². The number of imide groups is 2. The highest BCUT2D eigenvalue weighted by molar-refractivity contribution is 6.24. The van der Waals surface area contributed by atoms with Crippen LogP contribution in [0.1, 0.15) is 89.7 Å². The van der Waals surface area contributed by atoms with Crippen molar-refractivity contribution < 1.29 is 70.1 Å². The van der Waals surface area contributed by atoms with Crippen molar-refractivity contribution in [3.05, 3.63) is 107 Å². The maximum atomic E-state index is 13.3. The Kier molecular flexibility index (Phi) is 17.1. The molecule has 1 atom stereocenters. The lowest BCUT2D eigenvalue weighted by molar-refractivity contribution is -0.136. The van der Waals surface area contributed by atoms with E-state index >= 15 is 0 Å². The van der Waals surface area contributed by atoms with E-state index in [1.807, 2.05) is 0 Å². The molecular formula is C47H48F3N9O12. The van der Waals surface area contributed by atoms with Gasteiger partial charge in [0.25, 0.3) is 23.6 Å². The van der Waals surface area contributed by atoms with E-state index in [1.165, 1.54) is 29.2 Å². The fourth-order valence-electron chi connectivity index (χ4n) is 7.53. The van der Waals surface area contributed by atoms with Crippen LogP contribution in [0.5, 0.6) is 0 Å². The molecule has 5 heterocycles. The van der Waals surface area contributed by atoms with E-state index < -0.39 is 54.2 Å². The van der Waals surface area contributed by atoms with Gasteiger partial charge in [-0.15, -0.1) is 0 Å². The summed E-state index contributed by atoms with van der Waals surface area (Å²) in [4.78, 5) is 97.3. The van der Waals surface area contributed by atoms with Crippen LogP contribution in [0, 0.1) is 0 Å². The summed E-state index contributed by atoms with van der Waals surface area (Å²) in [6.45, 7) is 1.47. The number of primary amides is 1. The number of oxazole rings is 1. The molecule has 71 heavy (non-hydrogen) atoms. The van der Waals surface area contributed by atoms with Crippen LogP contribution in [0.25, 0.3) is 17.1 Å². The van der Waals surface area contributed by atoms with Gasteiger partial charge in [-0.3, -0.25) is 43.8 Å². The average molecular weight is 988 g/mol. The highest BCUT2D eigenvalue weighted by Gasteiger charge is 2.45. The van der Waals surface area contributed by atoms with Crippen LogP contribution in [0.3, 0.4) is 0 Å². The number of aryl methyl sites for hydroxylation is 1. The Hall–Kier alpha value is -7.67. The number of fused-ring (bicyclic) bond motifs is 1. The number of ether oxygens (including phenoxy) is 4. The lowest BCUT2D eigenvalue weighted by Crippen LogP contribution is -2.54. The molecule has 5 aromatic rings. The van der Waals surface area contributed by atoms with Gasteiger partial charge in [-0.25, -0.2) is 14.6 Å². The molecule has 1 unspecified atom stereocenters. The molecule has 0 spiro atoms. The molecule has 6 amide bonds. The van der Waals surface area contributed by atoms with Gasteiger partial charge in [-0.05, 0) is 73.7 Å². The van der Waals surface area contributed by atoms with Gasteiger partial charge in [0.05, 0.1) is 68.3 Å². The van der Waals surface area contributed by atoms with Gasteiger partial charge in [0.1, 0.15) is 24.7 Å². The van der Waals surface area contributed by atoms with Gasteiger partial charge in [0.2, 0.25) is 17.7 Å². The highest BCUT2D eigenvalue weighted by atomic mass is 19.4. The molecule has 3 aromatic heterocycles. The maximum Gasteiger partial charge on any atom is 0.405 e. The minimum absolute atomic E-state index is 0.0419. The summed E-state index contributed by atoms with van der Waals surface area (Å²) < 4.78 is 66.9. The summed E-state index contributed by atoms with van der Waals surface area (Å²) in [6, 6.07) is 13.1. The second-order valence-electron chi connectivity index (χ2n) is 16.0. The molecule has 0 radical (unpaired) electrons. The van der Waals surface area contributed by atoms with E-state index in [9.17, 15) is 46.7 Å². The second-order valence-corrected chi connectivity index (χ2v) is 16.0. The molecule has 2 aliphatic rings. The first-order chi connectivity index (χ1) is 34.2. The number of alkyl halides is 3. The minimum Gasteiger partial charge on any atom is -0.444 e. The molecule has 24 heteroatoms. The molecule has 0 saturated carbocycles. The van der Waals surface area contributed by atoms with Crippen molar-refractivity contribution in [3.8, 4) is 17.1 Å². The van der Waals surface area contributed by atoms with Crippen molar-refractivity contribution in [3.63, 3.8) is 0 Å². The number of benzene rings is 2. The normalized spacial score (nSPS) is 14.7. The fourth-order valence-corrected chi connectivity index (χ4v) is 7.53. The Morgan fingerprint density at radius 3 is 2.24 bits per heavy atom. The Balaban J connectivity index is 0.733. The number of carbonyl (C=O) groups excluding carboxylic acids is 7. The molecule has 0 aliphatic carbocycles. The monoisotopic (exact) mass is 987 g/mol. The summed E-state index contributed by atoms with van der Waals surface area (Å²) in [5.41, 5.74) is 7.37. The molecular weight excluding hydrogens is 940 g/mol. The number of rotatable bonds is 26. The Morgan fingerprint density at radius 2 is 1.56 bits per heavy atom. The molecule has 0 bridgehead atoms. The molecule has 1 saturated heterocycles. The number of nitrogens with one attached hydrogen (secondary N) is 3. The smallest absolute Gasteiger partial charge is 0.405 e. The van der Waals surface area contributed by atoms with Crippen molar-refractivity contribution >= 4 is 52.7 Å². The van der Waals surface area contributed by atoms with Gasteiger partial charge in [0.15, 0.2) is 17.2 Å². The summed E-state index contributed by atoms with van der Waals surface area (Å²) in [5, 5.41) is 11.1. The van der Waals surface area contributed by atoms with Crippen LogP contribution in [0.2, 0.25) is 0 Å². The van der Waals surface area contributed by atoms with Crippen LogP contribution in [-0.4, -0.2) is 137 Å². The number of nitrogens with zero attached hydrogens (tertiary/aromatic N) is 5.